The predicted molar refractivity (Wildman–Crippen MR) is 99.3 cm³/mol. The third-order valence-corrected chi connectivity index (χ3v) is 5.28. The van der Waals surface area contributed by atoms with E-state index < -0.39 is 5.82 Å². The molecule has 2 heterocycles. The summed E-state index contributed by atoms with van der Waals surface area (Å²) in [6, 6.07) is 12.2. The van der Waals surface area contributed by atoms with Gasteiger partial charge in [-0.3, -0.25) is 4.79 Å². The molecule has 1 amide bonds. The van der Waals surface area contributed by atoms with E-state index >= 15 is 0 Å². The number of nitrogens with two attached hydrogens (primary N) is 1. The largest absolute Gasteiger partial charge is 0.357 e. The van der Waals surface area contributed by atoms with Gasteiger partial charge in [-0.25, -0.2) is 9.82 Å². The number of aromatic nitrogens is 2. The van der Waals surface area contributed by atoms with E-state index in [0.717, 1.165) is 16.3 Å². The van der Waals surface area contributed by atoms with Gasteiger partial charge in [0.15, 0.2) is 5.52 Å². The summed E-state index contributed by atoms with van der Waals surface area (Å²) in [5.74, 6) is -0.772. The lowest BCUT2D eigenvalue weighted by molar-refractivity contribution is -0.628. The topological polar surface area (TPSA) is 83.9 Å². The molecule has 4 N–H and O–H groups in total. The van der Waals surface area contributed by atoms with Crippen LogP contribution in [0.3, 0.4) is 0 Å². The number of para-hydroxylation sites is 1. The lowest BCUT2D eigenvalue weighted by atomic mass is 10.2. The van der Waals surface area contributed by atoms with Crippen molar-refractivity contribution in [2.45, 2.75) is 11.8 Å². The molecule has 130 valence electrons. The number of nitrogens with one attached hydrogen (secondary N) is 2. The van der Waals surface area contributed by atoms with E-state index in [0.29, 0.717) is 10.4 Å². The van der Waals surface area contributed by atoms with Gasteiger partial charge in [-0.2, -0.15) is 0 Å². The maximum atomic E-state index is 14.1. The molecule has 0 saturated heterocycles. The maximum Gasteiger partial charge on any atom is 0.289 e. The van der Waals surface area contributed by atoms with Gasteiger partial charge in [0.1, 0.15) is 11.2 Å². The molecular formula is C18H15FN5OS+. The minimum atomic E-state index is -0.492. The van der Waals surface area contributed by atoms with Gasteiger partial charge in [-0.1, -0.05) is 30.0 Å². The number of nitrogens with zero attached hydrogens (tertiary/aromatic N) is 2. The molecule has 4 rings (SSSR count). The molecule has 8 heteroatoms. The van der Waals surface area contributed by atoms with E-state index in [1.807, 2.05) is 31.2 Å². The van der Waals surface area contributed by atoms with Crippen LogP contribution in [0.2, 0.25) is 0 Å². The van der Waals surface area contributed by atoms with Gasteiger partial charge < -0.3 is 11.1 Å². The molecule has 1 aromatic heterocycles. The zero-order valence-corrected chi connectivity index (χ0v) is 14.6. The second-order valence-electron chi connectivity index (χ2n) is 5.75. The Kier molecular flexibility index (Phi) is 3.96. The highest BCUT2D eigenvalue weighted by molar-refractivity contribution is 8.04. The Labute approximate surface area is 152 Å². The van der Waals surface area contributed by atoms with Crippen LogP contribution in [-0.4, -0.2) is 10.9 Å². The van der Waals surface area contributed by atoms with Crippen molar-refractivity contribution in [2.24, 2.45) is 0 Å². The third-order valence-electron chi connectivity index (χ3n) is 4.01. The number of benzene rings is 2. The van der Waals surface area contributed by atoms with E-state index in [1.165, 1.54) is 28.8 Å². The first-order valence-corrected chi connectivity index (χ1v) is 8.67. The number of hydrogen-bond acceptors (Lipinski definition) is 5. The van der Waals surface area contributed by atoms with E-state index in [2.05, 4.69) is 15.7 Å². The van der Waals surface area contributed by atoms with Crippen molar-refractivity contribution in [3.05, 3.63) is 65.2 Å². The van der Waals surface area contributed by atoms with Gasteiger partial charge in [0.05, 0.1) is 10.6 Å². The monoisotopic (exact) mass is 368 g/mol. The van der Waals surface area contributed by atoms with Gasteiger partial charge in [0, 0.05) is 10.6 Å². The minimum Gasteiger partial charge on any atom is -0.357 e. The highest BCUT2D eigenvalue weighted by atomic mass is 32.2. The number of rotatable bonds is 2. The van der Waals surface area contributed by atoms with Gasteiger partial charge in [-0.05, 0) is 31.2 Å². The lowest BCUT2D eigenvalue weighted by Crippen LogP contribution is -2.51. The van der Waals surface area contributed by atoms with Gasteiger partial charge >= 0.3 is 0 Å². The Morgan fingerprint density at radius 2 is 2.08 bits per heavy atom. The summed E-state index contributed by atoms with van der Waals surface area (Å²) in [5, 5.41) is 3.38. The Bertz CT molecular complexity index is 1080. The highest BCUT2D eigenvalue weighted by Crippen LogP contribution is 2.39. The second kappa shape index (κ2) is 6.30. The highest BCUT2D eigenvalue weighted by Gasteiger charge is 2.24. The summed E-state index contributed by atoms with van der Waals surface area (Å²) in [5.41, 5.74) is 10.8. The van der Waals surface area contributed by atoms with E-state index in [-0.39, 0.29) is 17.1 Å². The molecular weight excluding hydrogens is 353 g/mol. The second-order valence-corrected chi connectivity index (χ2v) is 6.80. The smallest absolute Gasteiger partial charge is 0.289 e. The molecule has 0 spiro atoms. The van der Waals surface area contributed by atoms with Crippen molar-refractivity contribution in [1.82, 2.24) is 4.98 Å². The fraction of sp³-hybridized carbons (Fsp3) is 0.0556. The summed E-state index contributed by atoms with van der Waals surface area (Å²) >= 11 is 1.36. The van der Waals surface area contributed by atoms with Crippen molar-refractivity contribution in [3.8, 4) is 0 Å². The number of nitrogen functional groups attached to an aromatic ring is 1. The molecule has 0 bridgehead atoms. The first-order chi connectivity index (χ1) is 12.5. The van der Waals surface area contributed by atoms with Crippen molar-refractivity contribution >= 4 is 40.1 Å². The fourth-order valence-electron chi connectivity index (χ4n) is 2.75. The summed E-state index contributed by atoms with van der Waals surface area (Å²) in [7, 11) is 0. The molecule has 0 fully saturated rings. The summed E-state index contributed by atoms with van der Waals surface area (Å²) < 4.78 is 15.3. The van der Waals surface area contributed by atoms with Crippen molar-refractivity contribution in [1.29, 1.82) is 0 Å². The number of anilines is 2. The molecule has 0 aliphatic carbocycles. The number of fused-ring (bicyclic) bond motifs is 2. The molecule has 0 radical (unpaired) electrons. The zero-order valence-electron chi connectivity index (χ0n) is 13.8. The van der Waals surface area contributed by atoms with Crippen molar-refractivity contribution in [2.75, 3.05) is 16.5 Å². The number of carbonyl (C=O) groups is 1. The van der Waals surface area contributed by atoms with Crippen molar-refractivity contribution in [3.63, 3.8) is 0 Å². The number of thioether (sulfide) groups is 1. The summed E-state index contributed by atoms with van der Waals surface area (Å²) in [4.78, 5) is 18.3. The van der Waals surface area contributed by atoms with Crippen LogP contribution in [-0.2, 0) is 4.79 Å². The van der Waals surface area contributed by atoms with Crippen LogP contribution < -0.4 is 21.2 Å². The van der Waals surface area contributed by atoms with E-state index in [4.69, 9.17) is 5.73 Å². The van der Waals surface area contributed by atoms with Crippen LogP contribution in [0, 0.1) is 5.82 Å². The molecule has 3 aromatic rings. The van der Waals surface area contributed by atoms with Gasteiger partial charge in [0.25, 0.3) is 11.7 Å². The summed E-state index contributed by atoms with van der Waals surface area (Å²) in [6.45, 7) is 1.82. The minimum absolute atomic E-state index is 0.0777. The predicted octanol–water partition coefficient (Wildman–Crippen LogP) is 2.76. The number of allylic oxidation sites excluding steroid dienone is 1. The Hall–Kier alpha value is -3.13. The third kappa shape index (κ3) is 2.74. The molecule has 26 heavy (non-hydrogen) atoms. The Morgan fingerprint density at radius 1 is 1.27 bits per heavy atom. The fourth-order valence-corrected chi connectivity index (χ4v) is 3.68. The van der Waals surface area contributed by atoms with Gasteiger partial charge in [-0.15, -0.1) is 9.66 Å². The van der Waals surface area contributed by atoms with E-state index in [9.17, 15) is 9.18 Å². The van der Waals surface area contributed by atoms with Crippen LogP contribution in [0.15, 0.2) is 64.3 Å². The number of amides is 1. The van der Waals surface area contributed by atoms with E-state index in [1.54, 1.807) is 12.1 Å². The zero-order chi connectivity index (χ0) is 18.3. The van der Waals surface area contributed by atoms with Crippen LogP contribution >= 0.6 is 11.8 Å². The molecule has 0 unspecified atom stereocenters. The normalized spacial score (nSPS) is 13.3. The molecule has 0 atom stereocenters. The number of hydrogen-bond donors (Lipinski definition) is 3. The lowest BCUT2D eigenvalue weighted by Gasteiger charge is -2.21. The van der Waals surface area contributed by atoms with Crippen LogP contribution in [0.4, 0.5) is 15.9 Å². The van der Waals surface area contributed by atoms with Gasteiger partial charge in [0.2, 0.25) is 6.33 Å². The molecule has 1 aliphatic rings. The average Bonchev–Trinajstić information content (AvgIpc) is 2.63. The molecule has 2 aromatic carbocycles. The molecule has 0 saturated carbocycles. The van der Waals surface area contributed by atoms with Crippen LogP contribution in [0.25, 0.3) is 10.9 Å². The first kappa shape index (κ1) is 16.3. The number of carbonyl (C=O) groups excluding carboxylic acids is 1. The first-order valence-electron chi connectivity index (χ1n) is 7.85. The van der Waals surface area contributed by atoms with Crippen molar-refractivity contribution < 1.29 is 13.9 Å². The quantitative estimate of drug-likeness (QED) is 0.606. The van der Waals surface area contributed by atoms with Crippen LogP contribution in [0.1, 0.15) is 6.92 Å². The molecule has 1 aliphatic heterocycles. The van der Waals surface area contributed by atoms with Crippen LogP contribution in [0.5, 0.6) is 0 Å². The standard InChI is InChI=1S/C18H14FN5OS/c1-10-16(26-14-8-3-2-6-12(14)22-10)18(25)23-24-9-21-13-7-4-5-11(19)15(13)17(24)20/h2-9,20H,1H3,(H2,22,23,25)/p+1. The Balaban J connectivity index is 1.66. The SMILES string of the molecule is CC1=C(C(=O)N[n+]2cnc3cccc(F)c3c2N)Sc2ccccc2N1. The summed E-state index contributed by atoms with van der Waals surface area (Å²) in [6.07, 6.45) is 1.36. The maximum absolute atomic E-state index is 14.1. The molecule has 6 nitrogen and oxygen atoms in total. The number of halogens is 1. The average molecular weight is 368 g/mol. The Morgan fingerprint density at radius 3 is 2.92 bits per heavy atom.